The number of rotatable bonds is 4. The second kappa shape index (κ2) is 5.75. The number of carbonyl (C=O) groups excluding carboxylic acids is 1. The van der Waals surface area contributed by atoms with Crippen molar-refractivity contribution in [3.8, 4) is 0 Å². The van der Waals surface area contributed by atoms with E-state index in [1.165, 1.54) is 29.6 Å². The molecule has 0 aliphatic carbocycles. The van der Waals surface area contributed by atoms with Crippen LogP contribution in [0.2, 0.25) is 0 Å². The smallest absolute Gasteiger partial charge is 0.338 e. The van der Waals surface area contributed by atoms with Crippen LogP contribution in [0.25, 0.3) is 6.08 Å². The molecule has 0 aliphatic heterocycles. The van der Waals surface area contributed by atoms with Gasteiger partial charge in [-0.05, 0) is 38.1 Å². The van der Waals surface area contributed by atoms with Crippen LogP contribution in [-0.2, 0) is 4.79 Å². The van der Waals surface area contributed by atoms with Crippen molar-refractivity contribution in [2.45, 2.75) is 13.8 Å². The van der Waals surface area contributed by atoms with Gasteiger partial charge in [-0.2, -0.15) is 0 Å². The largest absolute Gasteiger partial charge is 0.478 e. The Balaban J connectivity index is 2.08. The number of carboxylic acid groups (broad SMARTS) is 1. The van der Waals surface area contributed by atoms with Gasteiger partial charge in [-0.1, -0.05) is 0 Å². The quantitative estimate of drug-likeness (QED) is 0.847. The molecule has 5 nitrogen and oxygen atoms in total. The Bertz CT molecular complexity index is 681. The summed E-state index contributed by atoms with van der Waals surface area (Å²) in [6.45, 7) is 3.60. The summed E-state index contributed by atoms with van der Waals surface area (Å²) in [4.78, 5) is 23.6. The number of aromatic carboxylic acids is 1. The maximum absolute atomic E-state index is 11.8. The van der Waals surface area contributed by atoms with E-state index in [4.69, 9.17) is 9.52 Å². The molecule has 1 amide bonds. The predicted molar refractivity (Wildman–Crippen MR) is 77.1 cm³/mol. The number of carbonyl (C=O) groups is 2. The molecule has 0 fully saturated rings. The van der Waals surface area contributed by atoms with Gasteiger partial charge >= 0.3 is 5.97 Å². The van der Waals surface area contributed by atoms with Gasteiger partial charge in [0.2, 0.25) is 5.91 Å². The number of nitrogens with one attached hydrogen (secondary N) is 1. The normalized spacial score (nSPS) is 10.9. The van der Waals surface area contributed by atoms with Crippen LogP contribution in [0.3, 0.4) is 0 Å². The lowest BCUT2D eigenvalue weighted by molar-refractivity contribution is -0.111. The van der Waals surface area contributed by atoms with Crippen molar-refractivity contribution >= 4 is 34.3 Å². The van der Waals surface area contributed by atoms with Crippen LogP contribution >= 0.6 is 11.3 Å². The molecule has 0 saturated carbocycles. The molecule has 0 aliphatic rings. The Kier molecular flexibility index (Phi) is 4.05. The molecule has 2 aromatic rings. The van der Waals surface area contributed by atoms with Crippen molar-refractivity contribution in [2.24, 2.45) is 0 Å². The lowest BCUT2D eigenvalue weighted by Gasteiger charge is -1.99. The Hall–Kier alpha value is -2.34. The fourth-order valence-corrected chi connectivity index (χ4v) is 2.53. The molecular formula is C14H13NO4S. The highest BCUT2D eigenvalue weighted by Crippen LogP contribution is 2.27. The second-order valence-electron chi connectivity index (χ2n) is 4.18. The molecule has 0 saturated heterocycles. The van der Waals surface area contributed by atoms with Crippen molar-refractivity contribution in [3.05, 3.63) is 46.2 Å². The molecule has 2 heterocycles. The topological polar surface area (TPSA) is 79.5 Å². The Morgan fingerprint density at radius 3 is 2.70 bits per heavy atom. The van der Waals surface area contributed by atoms with Gasteiger partial charge < -0.3 is 14.8 Å². The zero-order valence-electron chi connectivity index (χ0n) is 11.0. The van der Waals surface area contributed by atoms with Crippen LogP contribution in [0.1, 0.15) is 26.8 Å². The van der Waals surface area contributed by atoms with E-state index in [1.807, 2.05) is 6.92 Å². The molecule has 104 valence electrons. The molecular weight excluding hydrogens is 278 g/mol. The molecule has 0 radical (unpaired) electrons. The lowest BCUT2D eigenvalue weighted by Crippen LogP contribution is -2.09. The van der Waals surface area contributed by atoms with E-state index in [2.05, 4.69) is 5.32 Å². The average Bonchev–Trinajstić information content (AvgIpc) is 2.93. The number of hydrogen-bond donors (Lipinski definition) is 2. The SMILES string of the molecule is Cc1ccc(C=CC(=O)Nc2sc(C)cc2C(=O)O)o1. The maximum Gasteiger partial charge on any atom is 0.338 e. The van der Waals surface area contributed by atoms with Crippen molar-refractivity contribution < 1.29 is 19.1 Å². The monoisotopic (exact) mass is 291 g/mol. The van der Waals surface area contributed by atoms with Gasteiger partial charge in [-0.15, -0.1) is 11.3 Å². The molecule has 6 heteroatoms. The summed E-state index contributed by atoms with van der Waals surface area (Å²) in [5, 5.41) is 11.9. The molecule has 2 rings (SSSR count). The minimum absolute atomic E-state index is 0.100. The molecule has 2 aromatic heterocycles. The molecule has 0 spiro atoms. The number of thiophene rings is 1. The fraction of sp³-hybridized carbons (Fsp3) is 0.143. The van der Waals surface area contributed by atoms with Crippen LogP contribution < -0.4 is 5.32 Å². The summed E-state index contributed by atoms with van der Waals surface area (Å²) >= 11 is 1.23. The van der Waals surface area contributed by atoms with Gasteiger partial charge in [-0.3, -0.25) is 4.79 Å². The third-order valence-electron chi connectivity index (χ3n) is 2.48. The van der Waals surface area contributed by atoms with Crippen LogP contribution in [-0.4, -0.2) is 17.0 Å². The summed E-state index contributed by atoms with van der Waals surface area (Å²) in [6, 6.07) is 5.07. The van der Waals surface area contributed by atoms with E-state index in [0.29, 0.717) is 10.8 Å². The highest BCUT2D eigenvalue weighted by atomic mass is 32.1. The first kappa shape index (κ1) is 14.1. The minimum atomic E-state index is -1.06. The van der Waals surface area contributed by atoms with Gasteiger partial charge in [0, 0.05) is 11.0 Å². The maximum atomic E-state index is 11.8. The first-order chi connectivity index (χ1) is 9.45. The third kappa shape index (κ3) is 3.36. The molecule has 0 atom stereocenters. The van der Waals surface area contributed by atoms with Gasteiger partial charge in [0.25, 0.3) is 0 Å². The number of furan rings is 1. The fourth-order valence-electron chi connectivity index (χ4n) is 1.62. The highest BCUT2D eigenvalue weighted by Gasteiger charge is 2.14. The summed E-state index contributed by atoms with van der Waals surface area (Å²) in [7, 11) is 0. The van der Waals surface area contributed by atoms with E-state index in [1.54, 1.807) is 19.1 Å². The van der Waals surface area contributed by atoms with Crippen LogP contribution in [0.5, 0.6) is 0 Å². The van der Waals surface area contributed by atoms with E-state index in [9.17, 15) is 9.59 Å². The van der Waals surface area contributed by atoms with E-state index < -0.39 is 11.9 Å². The first-order valence-electron chi connectivity index (χ1n) is 5.85. The van der Waals surface area contributed by atoms with E-state index >= 15 is 0 Å². The second-order valence-corrected chi connectivity index (χ2v) is 5.43. The van der Waals surface area contributed by atoms with Gasteiger partial charge in [0.15, 0.2) is 0 Å². The summed E-state index contributed by atoms with van der Waals surface area (Å²) < 4.78 is 5.29. The number of amides is 1. The Morgan fingerprint density at radius 1 is 1.35 bits per heavy atom. The number of hydrogen-bond acceptors (Lipinski definition) is 4. The molecule has 0 bridgehead atoms. The minimum Gasteiger partial charge on any atom is -0.478 e. The van der Waals surface area contributed by atoms with Crippen LogP contribution in [0.4, 0.5) is 5.00 Å². The lowest BCUT2D eigenvalue weighted by atomic mass is 10.3. The molecule has 0 aromatic carbocycles. The molecule has 2 N–H and O–H groups in total. The van der Waals surface area contributed by atoms with Gasteiger partial charge in [0.05, 0.1) is 5.56 Å². The van der Waals surface area contributed by atoms with E-state index in [-0.39, 0.29) is 5.56 Å². The number of anilines is 1. The van der Waals surface area contributed by atoms with Crippen molar-refractivity contribution in [3.63, 3.8) is 0 Å². The Morgan fingerprint density at radius 2 is 2.10 bits per heavy atom. The van der Waals surface area contributed by atoms with Crippen LogP contribution in [0, 0.1) is 13.8 Å². The highest BCUT2D eigenvalue weighted by molar-refractivity contribution is 7.16. The van der Waals surface area contributed by atoms with Gasteiger partial charge in [0.1, 0.15) is 16.5 Å². The third-order valence-corrected chi connectivity index (χ3v) is 3.45. The Labute approximate surface area is 119 Å². The first-order valence-corrected chi connectivity index (χ1v) is 6.66. The zero-order valence-corrected chi connectivity index (χ0v) is 11.8. The van der Waals surface area contributed by atoms with Crippen molar-refractivity contribution in [2.75, 3.05) is 5.32 Å². The van der Waals surface area contributed by atoms with Crippen molar-refractivity contribution in [1.29, 1.82) is 0 Å². The average molecular weight is 291 g/mol. The van der Waals surface area contributed by atoms with E-state index in [0.717, 1.165) is 10.6 Å². The van der Waals surface area contributed by atoms with Crippen molar-refractivity contribution in [1.82, 2.24) is 0 Å². The number of carboxylic acids is 1. The molecule has 0 unspecified atom stereocenters. The summed E-state index contributed by atoms with van der Waals surface area (Å²) in [6.07, 6.45) is 2.84. The summed E-state index contributed by atoms with van der Waals surface area (Å²) in [5.41, 5.74) is 0.100. The molecule has 20 heavy (non-hydrogen) atoms. The standard InChI is InChI=1S/C14H13NO4S/c1-8-3-4-10(19-8)5-6-12(16)15-13-11(14(17)18)7-9(2)20-13/h3-7H,1-2H3,(H,15,16)(H,17,18). The summed E-state index contributed by atoms with van der Waals surface area (Å²) in [5.74, 6) is -0.135. The number of aryl methyl sites for hydroxylation is 2. The zero-order chi connectivity index (χ0) is 14.7. The van der Waals surface area contributed by atoms with Crippen LogP contribution in [0.15, 0.2) is 28.7 Å². The predicted octanol–water partition coefficient (Wildman–Crippen LogP) is 3.31. The van der Waals surface area contributed by atoms with Gasteiger partial charge in [-0.25, -0.2) is 4.79 Å².